The van der Waals surface area contributed by atoms with Gasteiger partial charge in [-0.15, -0.1) is 0 Å². The van der Waals surface area contributed by atoms with Crippen LogP contribution >= 0.6 is 11.6 Å². The molecule has 2 heterocycles. The number of ether oxygens (including phenoxy) is 2. The van der Waals surface area contributed by atoms with Gasteiger partial charge in [0.1, 0.15) is 16.9 Å². The van der Waals surface area contributed by atoms with Gasteiger partial charge in [-0.3, -0.25) is 9.59 Å². The molecule has 2 rings (SSSR count). The van der Waals surface area contributed by atoms with Crippen LogP contribution in [-0.2, 0) is 35.4 Å². The minimum atomic E-state index is -3.84. The second-order valence-corrected chi connectivity index (χ2v) is 15.5. The zero-order chi connectivity index (χ0) is 33.5. The van der Waals surface area contributed by atoms with Gasteiger partial charge in [0, 0.05) is 19.4 Å². The molecule has 0 N–H and O–H groups in total. The van der Waals surface area contributed by atoms with Crippen molar-refractivity contribution >= 4 is 44.5 Å². The van der Waals surface area contributed by atoms with Crippen molar-refractivity contribution in [2.24, 2.45) is 0 Å². The van der Waals surface area contributed by atoms with Crippen LogP contribution in [0, 0.1) is 6.92 Å². The Balaban J connectivity index is 1.71. The average Bonchev–Trinajstić information content (AvgIpc) is 3.22. The Labute approximate surface area is 275 Å². The molecule has 0 bridgehead atoms. The fourth-order valence-electron chi connectivity index (χ4n) is 5.28. The largest absolute Gasteiger partial charge is 0.463 e. The van der Waals surface area contributed by atoms with Crippen LogP contribution in [0.2, 0.25) is 5.28 Å². The highest BCUT2D eigenvalue weighted by molar-refractivity contribution is 7.91. The van der Waals surface area contributed by atoms with Crippen LogP contribution in [0.3, 0.4) is 0 Å². The summed E-state index contributed by atoms with van der Waals surface area (Å²) in [7, 11) is -3.84. The molecule has 256 valence electrons. The van der Waals surface area contributed by atoms with E-state index in [1.807, 2.05) is 25.3 Å². The van der Waals surface area contributed by atoms with Crippen molar-refractivity contribution in [1.82, 2.24) is 19.5 Å². The lowest BCUT2D eigenvalue weighted by atomic mass is 10.0. The Morgan fingerprint density at radius 2 is 1.29 bits per heavy atom. The number of rotatable bonds is 22. The fourth-order valence-corrected chi connectivity index (χ4v) is 6.93. The lowest BCUT2D eigenvalue weighted by Gasteiger charge is -2.19. The first-order valence-corrected chi connectivity index (χ1v) is 18.8. The number of esters is 2. The first-order chi connectivity index (χ1) is 21.2. The molecule has 0 aromatic carbocycles. The predicted molar refractivity (Wildman–Crippen MR) is 178 cm³/mol. The highest BCUT2D eigenvalue weighted by Gasteiger charge is 2.26. The normalized spacial score (nSPS) is 12.3. The van der Waals surface area contributed by atoms with E-state index in [1.54, 1.807) is 20.8 Å². The molecule has 0 aliphatic heterocycles. The van der Waals surface area contributed by atoms with Crippen molar-refractivity contribution < 1.29 is 27.5 Å². The van der Waals surface area contributed by atoms with Crippen LogP contribution in [0.15, 0.2) is 5.03 Å². The Bertz CT molecular complexity index is 1320. The zero-order valence-electron chi connectivity index (χ0n) is 28.3. The molecule has 2 aromatic heterocycles. The van der Waals surface area contributed by atoms with E-state index in [-0.39, 0.29) is 46.6 Å². The van der Waals surface area contributed by atoms with E-state index in [9.17, 15) is 18.0 Å². The van der Waals surface area contributed by atoms with E-state index in [0.717, 1.165) is 32.1 Å². The van der Waals surface area contributed by atoms with Crippen LogP contribution in [-0.4, -0.2) is 57.3 Å². The zero-order valence-corrected chi connectivity index (χ0v) is 29.9. The summed E-state index contributed by atoms with van der Waals surface area (Å²) in [6.45, 7) is 11.5. The van der Waals surface area contributed by atoms with E-state index >= 15 is 0 Å². The van der Waals surface area contributed by atoms with Crippen molar-refractivity contribution in [2.75, 3.05) is 5.75 Å². The molecule has 0 unspecified atom stereocenters. The highest BCUT2D eigenvalue weighted by atomic mass is 35.5. The van der Waals surface area contributed by atoms with Gasteiger partial charge in [0.2, 0.25) is 5.28 Å². The number of hydrogen-bond acceptors (Lipinski definition) is 9. The maximum absolute atomic E-state index is 13.3. The van der Waals surface area contributed by atoms with Crippen LogP contribution in [0.4, 0.5) is 0 Å². The van der Waals surface area contributed by atoms with Crippen LogP contribution in [0.1, 0.15) is 143 Å². The summed E-state index contributed by atoms with van der Waals surface area (Å²) < 4.78 is 39.0. The third-order valence-electron chi connectivity index (χ3n) is 7.37. The summed E-state index contributed by atoms with van der Waals surface area (Å²) >= 11 is 6.09. The number of unbranched alkanes of at least 4 members (excludes halogenated alkanes) is 12. The first kappa shape index (κ1) is 38.9. The minimum absolute atomic E-state index is 0.00389. The van der Waals surface area contributed by atoms with Gasteiger partial charge in [-0.1, -0.05) is 70.6 Å². The average molecular weight is 671 g/mol. The van der Waals surface area contributed by atoms with E-state index in [2.05, 4.69) is 15.0 Å². The van der Waals surface area contributed by atoms with E-state index in [4.69, 9.17) is 21.1 Å². The number of carbonyl (C=O) groups excluding carboxylic acids is 2. The molecule has 10 nitrogen and oxygen atoms in total. The maximum Gasteiger partial charge on any atom is 0.306 e. The van der Waals surface area contributed by atoms with Crippen LogP contribution < -0.4 is 0 Å². The lowest BCUT2D eigenvalue weighted by Crippen LogP contribution is -2.24. The molecule has 0 amide bonds. The molecule has 0 aliphatic rings. The Morgan fingerprint density at radius 3 is 1.82 bits per heavy atom. The number of fused-ring (bicyclic) bond motifs is 1. The van der Waals surface area contributed by atoms with Gasteiger partial charge < -0.3 is 14.0 Å². The van der Waals surface area contributed by atoms with Crippen molar-refractivity contribution in [1.29, 1.82) is 0 Å². The molecule has 0 spiro atoms. The van der Waals surface area contributed by atoms with E-state index in [1.165, 1.54) is 51.4 Å². The number of halogens is 1. The quantitative estimate of drug-likeness (QED) is 0.0528. The molecule has 0 saturated carbocycles. The van der Waals surface area contributed by atoms with Gasteiger partial charge in [-0.05, 0) is 72.4 Å². The van der Waals surface area contributed by atoms with Crippen molar-refractivity contribution in [3.8, 4) is 0 Å². The Kier molecular flexibility index (Phi) is 16.8. The summed E-state index contributed by atoms with van der Waals surface area (Å²) in [5.41, 5.74) is 0.0218. The number of hydrogen-bond donors (Lipinski definition) is 0. The predicted octanol–water partition coefficient (Wildman–Crippen LogP) is 8.10. The summed E-state index contributed by atoms with van der Waals surface area (Å²) in [5.74, 6) is -0.106. The Morgan fingerprint density at radius 1 is 0.778 bits per heavy atom. The second kappa shape index (κ2) is 19.4. The number of sulfone groups is 1. The molecule has 0 aliphatic carbocycles. The van der Waals surface area contributed by atoms with Gasteiger partial charge in [0.25, 0.3) is 0 Å². The van der Waals surface area contributed by atoms with Gasteiger partial charge in [0.05, 0.1) is 11.9 Å². The van der Waals surface area contributed by atoms with E-state index in [0.29, 0.717) is 24.3 Å². The lowest BCUT2D eigenvalue weighted by molar-refractivity contribution is -0.154. The fraction of sp³-hybridized carbons (Fsp3) is 0.788. The summed E-state index contributed by atoms with van der Waals surface area (Å²) in [5, 5.41) is -0.299. The molecule has 0 saturated heterocycles. The van der Waals surface area contributed by atoms with Gasteiger partial charge in [0.15, 0.2) is 20.5 Å². The monoisotopic (exact) mass is 670 g/mol. The van der Waals surface area contributed by atoms with Crippen molar-refractivity contribution in [3.63, 3.8) is 0 Å². The van der Waals surface area contributed by atoms with Crippen LogP contribution in [0.5, 0.6) is 0 Å². The standard InChI is InChI=1S/C33H55ClN4O6S/c1-25(2)43-27(39)21-18-16-14-12-10-8-7-9-11-13-15-17-19-23-38-26(3)35-30-29(38)31(37-32(34)36-30)45(41,42)24-20-22-28(40)44-33(4,5)6/h25H,7-24H2,1-6H3. The smallest absolute Gasteiger partial charge is 0.306 e. The number of carbonyl (C=O) groups is 2. The van der Waals surface area contributed by atoms with Gasteiger partial charge in [-0.2, -0.15) is 4.98 Å². The van der Waals surface area contributed by atoms with Crippen molar-refractivity contribution in [3.05, 3.63) is 11.1 Å². The summed E-state index contributed by atoms with van der Waals surface area (Å²) in [4.78, 5) is 36.4. The van der Waals surface area contributed by atoms with Gasteiger partial charge in [-0.25, -0.2) is 18.4 Å². The SMILES string of the molecule is Cc1nc2nc(Cl)nc(S(=O)(=O)CCCC(=O)OC(C)(C)C)c2n1CCCCCCCCCCCCCCCC(=O)OC(C)C. The number of aryl methyl sites for hydroxylation is 2. The van der Waals surface area contributed by atoms with Gasteiger partial charge >= 0.3 is 11.9 Å². The Hall–Kier alpha value is -2.27. The molecule has 12 heteroatoms. The maximum atomic E-state index is 13.3. The number of aromatic nitrogens is 4. The third-order valence-corrected chi connectivity index (χ3v) is 9.24. The summed E-state index contributed by atoms with van der Waals surface area (Å²) in [6, 6.07) is 0. The molecular formula is C33H55ClN4O6S. The minimum Gasteiger partial charge on any atom is -0.463 e. The second-order valence-electron chi connectivity index (χ2n) is 13.2. The molecule has 2 aromatic rings. The molecular weight excluding hydrogens is 616 g/mol. The topological polar surface area (TPSA) is 130 Å². The van der Waals surface area contributed by atoms with Crippen LogP contribution in [0.25, 0.3) is 11.2 Å². The summed E-state index contributed by atoms with van der Waals surface area (Å²) in [6.07, 6.45) is 15.5. The number of nitrogens with zero attached hydrogens (tertiary/aromatic N) is 4. The molecule has 0 fully saturated rings. The molecule has 0 radical (unpaired) electrons. The third kappa shape index (κ3) is 15.2. The van der Waals surface area contributed by atoms with E-state index < -0.39 is 21.4 Å². The molecule has 0 atom stereocenters. The number of imidazole rings is 1. The molecule has 45 heavy (non-hydrogen) atoms. The highest BCUT2D eigenvalue weighted by Crippen LogP contribution is 2.26. The van der Waals surface area contributed by atoms with Crippen molar-refractivity contribution in [2.45, 2.75) is 168 Å². The first-order valence-electron chi connectivity index (χ1n) is 16.7.